The number of nitrogens with one attached hydrogen (secondary N) is 3. The van der Waals surface area contributed by atoms with Crippen LogP contribution < -0.4 is 20.7 Å². The van der Waals surface area contributed by atoms with Crippen molar-refractivity contribution in [2.75, 3.05) is 23.8 Å². The Labute approximate surface area is 222 Å². The molecule has 3 heterocycles. The Morgan fingerprint density at radius 2 is 1.85 bits per heavy atom. The highest BCUT2D eigenvalue weighted by Gasteiger charge is 2.40. The van der Waals surface area contributed by atoms with Gasteiger partial charge in [-0.2, -0.15) is 0 Å². The Morgan fingerprint density at radius 3 is 2.56 bits per heavy atom. The molecule has 1 saturated heterocycles. The van der Waals surface area contributed by atoms with E-state index in [2.05, 4.69) is 30.9 Å². The first-order chi connectivity index (χ1) is 18.9. The van der Waals surface area contributed by atoms with Crippen LogP contribution in [0.5, 0.6) is 5.75 Å². The third-order valence-electron chi connectivity index (χ3n) is 6.08. The fourth-order valence-corrected chi connectivity index (χ4v) is 4.06. The maximum Gasteiger partial charge on any atom is 0.262 e. The number of hydrogen-bond donors (Lipinski definition) is 5. The number of carbonyl (C=O) groups excluding carboxylic acids is 2. The SMILES string of the molecule is CC(NC(=O)[C@H]1OC[C@H](O)[C@@H]1O)n1cnc2c(Nc3ccc(OCC(=O)Nc4ccccc4)cc3)ncnc21. The lowest BCUT2D eigenvalue weighted by Gasteiger charge is -2.20. The summed E-state index contributed by atoms with van der Waals surface area (Å²) in [6.45, 7) is 1.48. The molecule has 5 rings (SSSR count). The smallest absolute Gasteiger partial charge is 0.262 e. The second kappa shape index (κ2) is 11.4. The van der Waals surface area contributed by atoms with Crippen LogP contribution in [0.3, 0.4) is 0 Å². The Kier molecular flexibility index (Phi) is 7.63. The fourth-order valence-electron chi connectivity index (χ4n) is 4.06. The second-order valence-corrected chi connectivity index (χ2v) is 8.90. The summed E-state index contributed by atoms with van der Waals surface area (Å²) in [6.07, 6.45) is -1.23. The van der Waals surface area contributed by atoms with E-state index in [1.807, 2.05) is 18.2 Å². The van der Waals surface area contributed by atoms with Gasteiger partial charge in [-0.3, -0.25) is 14.2 Å². The number of aliphatic hydroxyl groups excluding tert-OH is 2. The summed E-state index contributed by atoms with van der Waals surface area (Å²) < 4.78 is 12.4. The van der Waals surface area contributed by atoms with Gasteiger partial charge in [0, 0.05) is 11.4 Å². The van der Waals surface area contributed by atoms with Gasteiger partial charge in [0.2, 0.25) is 0 Å². The number of rotatable bonds is 9. The fraction of sp³-hybridized carbons (Fsp3) is 0.269. The Morgan fingerprint density at radius 1 is 1.08 bits per heavy atom. The highest BCUT2D eigenvalue weighted by molar-refractivity contribution is 5.91. The molecule has 5 N–H and O–H groups in total. The minimum atomic E-state index is -1.29. The summed E-state index contributed by atoms with van der Waals surface area (Å²) in [5, 5.41) is 28.3. The first-order valence-corrected chi connectivity index (χ1v) is 12.2. The lowest BCUT2D eigenvalue weighted by atomic mass is 10.1. The molecular formula is C26H27N7O6. The molecule has 13 heteroatoms. The molecule has 39 heavy (non-hydrogen) atoms. The van der Waals surface area contributed by atoms with E-state index in [1.165, 1.54) is 12.7 Å². The number of nitrogens with zero attached hydrogens (tertiary/aromatic N) is 4. The molecule has 13 nitrogen and oxygen atoms in total. The number of fused-ring (bicyclic) bond motifs is 1. The molecule has 0 saturated carbocycles. The summed E-state index contributed by atoms with van der Waals surface area (Å²) in [5.41, 5.74) is 2.35. The number of carbonyl (C=O) groups is 2. The van der Waals surface area contributed by atoms with Gasteiger partial charge in [0.1, 0.15) is 30.5 Å². The van der Waals surface area contributed by atoms with Crippen LogP contribution in [-0.2, 0) is 14.3 Å². The molecule has 2 amide bonds. The van der Waals surface area contributed by atoms with Gasteiger partial charge in [0.05, 0.1) is 12.9 Å². The van der Waals surface area contributed by atoms with Gasteiger partial charge >= 0.3 is 0 Å². The van der Waals surface area contributed by atoms with Gasteiger partial charge in [-0.25, -0.2) is 15.0 Å². The van der Waals surface area contributed by atoms with Gasteiger partial charge in [-0.15, -0.1) is 0 Å². The molecule has 1 aliphatic rings. The third-order valence-corrected chi connectivity index (χ3v) is 6.08. The number of imidazole rings is 1. The van der Waals surface area contributed by atoms with Crippen LogP contribution in [0.25, 0.3) is 11.2 Å². The van der Waals surface area contributed by atoms with Crippen molar-refractivity contribution in [3.8, 4) is 5.75 Å². The van der Waals surface area contributed by atoms with Gasteiger partial charge < -0.3 is 35.6 Å². The number of aliphatic hydroxyl groups is 2. The van der Waals surface area contributed by atoms with Crippen LogP contribution in [0.2, 0.25) is 0 Å². The van der Waals surface area contributed by atoms with Crippen LogP contribution in [0.4, 0.5) is 17.2 Å². The quantitative estimate of drug-likeness (QED) is 0.211. The Hall–Kier alpha value is -4.59. The minimum absolute atomic E-state index is 0.111. The summed E-state index contributed by atoms with van der Waals surface area (Å²) in [5.74, 6) is 0.151. The number of ether oxygens (including phenoxy) is 2. The zero-order valence-corrected chi connectivity index (χ0v) is 20.9. The van der Waals surface area contributed by atoms with Crippen molar-refractivity contribution >= 4 is 40.2 Å². The average Bonchev–Trinajstić information content (AvgIpc) is 3.53. The molecule has 202 valence electrons. The van der Waals surface area contributed by atoms with E-state index in [-0.39, 0.29) is 19.1 Å². The van der Waals surface area contributed by atoms with Crippen molar-refractivity contribution < 1.29 is 29.3 Å². The Balaban J connectivity index is 1.20. The molecule has 4 aromatic rings. The molecule has 4 atom stereocenters. The Bertz CT molecular complexity index is 1450. The van der Waals surface area contributed by atoms with Crippen molar-refractivity contribution in [3.63, 3.8) is 0 Å². The monoisotopic (exact) mass is 533 g/mol. The predicted octanol–water partition coefficient (Wildman–Crippen LogP) is 1.34. The first kappa shape index (κ1) is 26.0. The molecule has 1 aliphatic heterocycles. The van der Waals surface area contributed by atoms with Gasteiger partial charge in [-0.1, -0.05) is 18.2 Å². The van der Waals surface area contributed by atoms with E-state index < -0.39 is 30.4 Å². The van der Waals surface area contributed by atoms with Crippen LogP contribution in [0, 0.1) is 0 Å². The largest absolute Gasteiger partial charge is 0.484 e. The summed E-state index contributed by atoms with van der Waals surface area (Å²) in [4.78, 5) is 37.6. The molecular weight excluding hydrogens is 506 g/mol. The zero-order chi connectivity index (χ0) is 27.4. The number of aromatic nitrogens is 4. The lowest BCUT2D eigenvalue weighted by Crippen LogP contribution is -2.44. The standard InChI is InChI=1S/C26H27N7O6/c1-15(30-26(37)23-22(36)19(34)11-39-23)33-14-29-21-24(27-13-28-25(21)33)32-17-7-9-18(10-8-17)38-12-20(35)31-16-5-3-2-4-6-16/h2-10,13-15,19,22-23,34,36H,11-12H2,1H3,(H,30,37)(H,31,35)(H,27,28,32)/t15?,19-,22-,23-/m0/s1. The van der Waals surface area contributed by atoms with E-state index >= 15 is 0 Å². The van der Waals surface area contributed by atoms with E-state index in [1.54, 1.807) is 47.9 Å². The van der Waals surface area contributed by atoms with Crippen LogP contribution >= 0.6 is 0 Å². The topological polar surface area (TPSA) is 173 Å². The molecule has 1 unspecified atom stereocenters. The summed E-state index contributed by atoms with van der Waals surface area (Å²) in [7, 11) is 0. The van der Waals surface area contributed by atoms with Crippen LogP contribution in [0.15, 0.2) is 67.3 Å². The van der Waals surface area contributed by atoms with E-state index in [4.69, 9.17) is 9.47 Å². The summed E-state index contributed by atoms with van der Waals surface area (Å²) >= 11 is 0. The lowest BCUT2D eigenvalue weighted by molar-refractivity contribution is -0.135. The molecule has 0 aliphatic carbocycles. The maximum absolute atomic E-state index is 12.5. The van der Waals surface area contributed by atoms with Crippen molar-refractivity contribution in [3.05, 3.63) is 67.3 Å². The summed E-state index contributed by atoms with van der Waals surface area (Å²) in [6, 6.07) is 16.1. The molecule has 2 aromatic heterocycles. The van der Waals surface area contributed by atoms with Gasteiger partial charge in [0.15, 0.2) is 29.7 Å². The third kappa shape index (κ3) is 5.95. The number of benzene rings is 2. The normalized spacial score (nSPS) is 19.4. The van der Waals surface area contributed by atoms with E-state index in [9.17, 15) is 19.8 Å². The molecule has 0 radical (unpaired) electrons. The second-order valence-electron chi connectivity index (χ2n) is 8.90. The van der Waals surface area contributed by atoms with Gasteiger partial charge in [-0.05, 0) is 43.3 Å². The molecule has 0 bridgehead atoms. The minimum Gasteiger partial charge on any atom is -0.484 e. The average molecular weight is 534 g/mol. The maximum atomic E-state index is 12.5. The van der Waals surface area contributed by atoms with Crippen molar-refractivity contribution in [1.29, 1.82) is 0 Å². The number of amides is 2. The van der Waals surface area contributed by atoms with Crippen LogP contribution in [-0.4, -0.2) is 73.1 Å². The predicted molar refractivity (Wildman–Crippen MR) is 140 cm³/mol. The van der Waals surface area contributed by atoms with Crippen molar-refractivity contribution in [1.82, 2.24) is 24.8 Å². The van der Waals surface area contributed by atoms with Crippen molar-refractivity contribution in [2.45, 2.75) is 31.4 Å². The molecule has 2 aromatic carbocycles. The van der Waals surface area contributed by atoms with E-state index in [0.717, 1.165) is 0 Å². The number of hydrogen-bond acceptors (Lipinski definition) is 10. The van der Waals surface area contributed by atoms with Crippen molar-refractivity contribution in [2.24, 2.45) is 0 Å². The molecule has 0 spiro atoms. The van der Waals surface area contributed by atoms with Crippen LogP contribution in [0.1, 0.15) is 13.1 Å². The molecule has 1 fully saturated rings. The number of anilines is 3. The zero-order valence-electron chi connectivity index (χ0n) is 20.9. The van der Waals surface area contributed by atoms with Gasteiger partial charge in [0.25, 0.3) is 11.8 Å². The van der Waals surface area contributed by atoms with E-state index in [0.29, 0.717) is 34.1 Å². The highest BCUT2D eigenvalue weighted by atomic mass is 16.5. The number of para-hydroxylation sites is 1. The first-order valence-electron chi connectivity index (χ1n) is 12.2. The highest BCUT2D eigenvalue weighted by Crippen LogP contribution is 2.25.